The van der Waals surface area contributed by atoms with Crippen molar-refractivity contribution >= 4 is 17.8 Å². The number of fused-ring (bicyclic) bond motifs is 1. The first-order valence-corrected chi connectivity index (χ1v) is 10.5. The molecular weight excluding hydrogens is 721 g/mol. The van der Waals surface area contributed by atoms with Crippen LogP contribution in [0.5, 0.6) is 0 Å². The lowest BCUT2D eigenvalue weighted by Crippen LogP contribution is -2.61. The summed E-state index contributed by atoms with van der Waals surface area (Å²) < 4.78 is 284. The molecule has 0 bridgehead atoms. The second-order valence-electron chi connectivity index (χ2n) is 8.52. The van der Waals surface area contributed by atoms with Crippen molar-refractivity contribution in [3.05, 3.63) is 34.4 Å². The van der Waals surface area contributed by atoms with Crippen LogP contribution < -0.4 is 0 Å². The van der Waals surface area contributed by atoms with Crippen molar-refractivity contribution in [3.63, 3.8) is 0 Å². The Morgan fingerprint density at radius 1 is 0.609 bits per heavy atom. The first-order valence-electron chi connectivity index (χ1n) is 10.5. The van der Waals surface area contributed by atoms with Gasteiger partial charge in [-0.25, -0.2) is 22.4 Å². The number of amides is 2. The molecule has 2 unspecified atom stereocenters. The van der Waals surface area contributed by atoms with E-state index in [0.717, 1.165) is 0 Å². The molecule has 0 aliphatic carbocycles. The predicted octanol–water partition coefficient (Wildman–Crippen LogP) is 6.53. The Balaban J connectivity index is 2.73. The molecule has 2 rings (SSSR count). The number of rotatable bonds is 8. The van der Waals surface area contributed by atoms with Gasteiger partial charge in [0.1, 0.15) is 0 Å². The van der Waals surface area contributed by atoms with Gasteiger partial charge >= 0.3 is 48.6 Å². The highest BCUT2D eigenvalue weighted by molar-refractivity contribution is 6.23. The average molecular weight is 725 g/mol. The highest BCUT2D eigenvalue weighted by Crippen LogP contribution is 2.51. The quantitative estimate of drug-likeness (QED) is 0.100. The SMILES string of the molecule is O=C(OCC(F)(OC(F)(F)C(F)(F)C(F)(F)F)C(F)(F)F)C(C(C(F)(F)F)C(F)(F)F)N1C(=O)c2c(F)c(F)c(F)c(F)c2C1=O. The predicted molar refractivity (Wildman–Crippen MR) is 94.0 cm³/mol. The molecule has 1 aromatic carbocycles. The molecular formula is C19H4F21NO5. The van der Waals surface area contributed by atoms with Crippen molar-refractivity contribution < 1.29 is 116 Å². The van der Waals surface area contributed by atoms with E-state index in [1.54, 1.807) is 0 Å². The molecule has 0 saturated carbocycles. The Kier molecular flexibility index (Phi) is 9.40. The molecule has 1 aliphatic heterocycles. The Morgan fingerprint density at radius 3 is 1.28 bits per heavy atom. The average Bonchev–Trinajstić information content (AvgIpc) is 3.09. The fourth-order valence-electron chi connectivity index (χ4n) is 3.40. The minimum Gasteiger partial charge on any atom is -0.458 e. The monoisotopic (exact) mass is 725 g/mol. The summed E-state index contributed by atoms with van der Waals surface area (Å²) in [6.07, 6.45) is -36.7. The molecule has 46 heavy (non-hydrogen) atoms. The summed E-state index contributed by atoms with van der Waals surface area (Å²) in [5, 5.41) is 0. The Hall–Kier alpha value is -3.68. The van der Waals surface area contributed by atoms with Gasteiger partial charge in [0.2, 0.25) is 0 Å². The molecule has 6 nitrogen and oxygen atoms in total. The number of carbonyl (C=O) groups excluding carboxylic acids is 3. The summed E-state index contributed by atoms with van der Waals surface area (Å²) in [4.78, 5) is 35.2. The summed E-state index contributed by atoms with van der Waals surface area (Å²) in [5.41, 5.74) is -5.07. The van der Waals surface area contributed by atoms with Gasteiger partial charge in [-0.05, 0) is 0 Å². The third kappa shape index (κ3) is 6.32. The van der Waals surface area contributed by atoms with Gasteiger partial charge in [-0.1, -0.05) is 0 Å². The van der Waals surface area contributed by atoms with Crippen LogP contribution in [0.25, 0.3) is 0 Å². The second kappa shape index (κ2) is 11.2. The summed E-state index contributed by atoms with van der Waals surface area (Å²) in [5.74, 6) is -42.5. The Morgan fingerprint density at radius 2 is 0.978 bits per heavy atom. The maximum Gasteiger partial charge on any atom is 0.462 e. The van der Waals surface area contributed by atoms with E-state index in [1.165, 1.54) is 0 Å². The van der Waals surface area contributed by atoms with Crippen molar-refractivity contribution in [2.45, 2.75) is 48.6 Å². The topological polar surface area (TPSA) is 72.9 Å². The van der Waals surface area contributed by atoms with E-state index < -0.39 is 118 Å². The smallest absolute Gasteiger partial charge is 0.458 e. The summed E-state index contributed by atoms with van der Waals surface area (Å²) in [6, 6.07) is -5.01. The van der Waals surface area contributed by atoms with Crippen LogP contribution in [0.4, 0.5) is 92.2 Å². The van der Waals surface area contributed by atoms with Crippen molar-refractivity contribution in [1.82, 2.24) is 4.90 Å². The molecule has 0 aromatic heterocycles. The minimum atomic E-state index is -7.74. The number of hydrogen-bond acceptors (Lipinski definition) is 5. The number of carbonyl (C=O) groups is 3. The molecule has 2 amide bonds. The van der Waals surface area contributed by atoms with Crippen LogP contribution in [0.3, 0.4) is 0 Å². The van der Waals surface area contributed by atoms with E-state index in [1.807, 2.05) is 4.74 Å². The molecule has 27 heteroatoms. The summed E-state index contributed by atoms with van der Waals surface area (Å²) in [6.45, 7) is -4.01. The lowest BCUT2D eigenvalue weighted by molar-refractivity contribution is -0.485. The normalized spacial score (nSPS) is 17.4. The maximum absolute atomic E-state index is 14.4. The lowest BCUT2D eigenvalue weighted by atomic mass is 9.96. The Labute approximate surface area is 235 Å². The molecule has 0 N–H and O–H groups in total. The van der Waals surface area contributed by atoms with Gasteiger partial charge in [-0.15, -0.1) is 0 Å². The molecule has 1 heterocycles. The molecule has 0 fully saturated rings. The first kappa shape index (κ1) is 38.5. The zero-order chi connectivity index (χ0) is 36.5. The van der Waals surface area contributed by atoms with Gasteiger partial charge in [0.05, 0.1) is 11.1 Å². The van der Waals surface area contributed by atoms with Crippen LogP contribution in [-0.2, 0) is 14.3 Å². The maximum atomic E-state index is 14.4. The van der Waals surface area contributed by atoms with Crippen LogP contribution >= 0.6 is 0 Å². The highest BCUT2D eigenvalue weighted by Gasteiger charge is 2.78. The third-order valence-corrected chi connectivity index (χ3v) is 5.51. The van der Waals surface area contributed by atoms with E-state index in [4.69, 9.17) is 0 Å². The number of nitrogens with zero attached hydrogens (tertiary/aromatic N) is 1. The number of ether oxygens (including phenoxy) is 2. The van der Waals surface area contributed by atoms with Crippen molar-refractivity contribution in [1.29, 1.82) is 0 Å². The van der Waals surface area contributed by atoms with E-state index in [9.17, 15) is 107 Å². The molecule has 1 aliphatic rings. The number of esters is 1. The van der Waals surface area contributed by atoms with Gasteiger partial charge in [0.25, 0.3) is 11.8 Å². The second-order valence-corrected chi connectivity index (χ2v) is 8.52. The van der Waals surface area contributed by atoms with Crippen LogP contribution in [0.2, 0.25) is 0 Å². The van der Waals surface area contributed by atoms with Gasteiger partial charge in [-0.2, -0.15) is 74.6 Å². The fraction of sp³-hybridized carbons (Fsp3) is 0.526. The van der Waals surface area contributed by atoms with E-state index in [-0.39, 0.29) is 0 Å². The molecule has 0 spiro atoms. The lowest BCUT2D eigenvalue weighted by Gasteiger charge is -2.36. The number of benzene rings is 1. The largest absolute Gasteiger partial charge is 0.462 e. The Bertz CT molecular complexity index is 1350. The van der Waals surface area contributed by atoms with Crippen LogP contribution in [-0.4, -0.2) is 77.9 Å². The van der Waals surface area contributed by atoms with Gasteiger partial charge in [0.15, 0.2) is 41.8 Å². The van der Waals surface area contributed by atoms with Crippen molar-refractivity contribution in [3.8, 4) is 0 Å². The number of hydrogen-bond donors (Lipinski definition) is 0. The molecule has 0 saturated heterocycles. The van der Waals surface area contributed by atoms with Gasteiger partial charge < -0.3 is 4.74 Å². The summed E-state index contributed by atoms with van der Waals surface area (Å²) in [7, 11) is 0. The molecule has 2 atom stereocenters. The van der Waals surface area contributed by atoms with Gasteiger partial charge in [0, 0.05) is 0 Å². The van der Waals surface area contributed by atoms with Crippen molar-refractivity contribution in [2.24, 2.45) is 5.92 Å². The van der Waals surface area contributed by atoms with E-state index >= 15 is 0 Å². The highest BCUT2D eigenvalue weighted by atomic mass is 19.4. The first-order chi connectivity index (χ1) is 20.2. The molecule has 262 valence electrons. The standard InChI is InChI=1S/C19H4F21NO5/c20-4-2-3(5(21)7(23)6(4)22)11(43)41(10(2)42)8(9(14(25,26)27)15(28,29)30)12(44)45-1-13(24,17(33,34)35)46-19(39,40)16(31,32)18(36,37)38/h8-9H,1H2. The third-order valence-electron chi connectivity index (χ3n) is 5.51. The van der Waals surface area contributed by atoms with Crippen LogP contribution in [0.15, 0.2) is 0 Å². The number of imide groups is 1. The zero-order valence-corrected chi connectivity index (χ0v) is 20.3. The van der Waals surface area contributed by atoms with Crippen LogP contribution in [0.1, 0.15) is 20.7 Å². The minimum absolute atomic E-state index is 1.84. The van der Waals surface area contributed by atoms with Gasteiger partial charge in [-0.3, -0.25) is 19.2 Å². The fourth-order valence-corrected chi connectivity index (χ4v) is 3.40. The summed E-state index contributed by atoms with van der Waals surface area (Å²) >= 11 is 0. The van der Waals surface area contributed by atoms with Crippen LogP contribution in [0, 0.1) is 29.2 Å². The van der Waals surface area contributed by atoms with Crippen molar-refractivity contribution in [2.75, 3.05) is 6.61 Å². The van der Waals surface area contributed by atoms with E-state index in [2.05, 4.69) is 4.74 Å². The number of halogens is 21. The zero-order valence-electron chi connectivity index (χ0n) is 20.3. The molecule has 0 radical (unpaired) electrons. The molecule has 1 aromatic rings. The van der Waals surface area contributed by atoms with E-state index in [0.29, 0.717) is 0 Å². The number of alkyl halides is 17.